The molecular formula is C20H21N3O3. The molecule has 0 N–H and O–H groups in total. The van der Waals surface area contributed by atoms with Crippen molar-refractivity contribution in [2.75, 3.05) is 13.1 Å². The molecular weight excluding hydrogens is 330 g/mol. The molecule has 2 atom stereocenters. The number of aryl methyl sites for hydroxylation is 1. The number of furan rings is 1. The highest BCUT2D eigenvalue weighted by Crippen LogP contribution is 2.35. The Balaban J connectivity index is 1.38. The number of pyridine rings is 1. The van der Waals surface area contributed by atoms with Crippen LogP contribution < -0.4 is 5.56 Å². The number of oxazole rings is 1. The molecule has 2 aliphatic rings. The number of fused-ring (bicyclic) bond motifs is 4. The third-order valence-electron chi connectivity index (χ3n) is 5.59. The van der Waals surface area contributed by atoms with Crippen LogP contribution in [0.5, 0.6) is 0 Å². The van der Waals surface area contributed by atoms with Crippen molar-refractivity contribution in [3.8, 4) is 11.5 Å². The minimum absolute atomic E-state index is 0.128. The van der Waals surface area contributed by atoms with Gasteiger partial charge in [0.05, 0.1) is 17.5 Å². The molecule has 3 aromatic heterocycles. The van der Waals surface area contributed by atoms with Crippen molar-refractivity contribution in [2.45, 2.75) is 32.4 Å². The number of hydrogen-bond donors (Lipinski definition) is 0. The van der Waals surface area contributed by atoms with E-state index in [1.54, 1.807) is 18.6 Å². The highest BCUT2D eigenvalue weighted by atomic mass is 16.4. The zero-order valence-electron chi connectivity index (χ0n) is 14.7. The summed E-state index contributed by atoms with van der Waals surface area (Å²) in [4.78, 5) is 19.3. The lowest BCUT2D eigenvalue weighted by atomic mass is 9.83. The van der Waals surface area contributed by atoms with Gasteiger partial charge in [-0.15, -0.1) is 0 Å². The van der Waals surface area contributed by atoms with Crippen LogP contribution in [-0.2, 0) is 13.1 Å². The standard InChI is InChI=1S/C20H21N3O3/c1-13-17(21-20(26-13)15-5-6-25-12-15)11-22-8-14-7-16(10-22)18-3-2-4-19(24)23(18)9-14/h2-6,12,14,16H,7-11H2,1H3. The Morgan fingerprint density at radius 1 is 1.23 bits per heavy atom. The molecule has 3 aromatic rings. The number of likely N-dealkylation sites (tertiary alicyclic amines) is 1. The molecule has 134 valence electrons. The van der Waals surface area contributed by atoms with Gasteiger partial charge in [0.1, 0.15) is 12.0 Å². The van der Waals surface area contributed by atoms with Crippen LogP contribution in [-0.4, -0.2) is 27.5 Å². The van der Waals surface area contributed by atoms with E-state index in [4.69, 9.17) is 8.83 Å². The molecule has 1 saturated heterocycles. The van der Waals surface area contributed by atoms with E-state index in [0.29, 0.717) is 17.7 Å². The fraction of sp³-hybridized carbons (Fsp3) is 0.400. The lowest BCUT2D eigenvalue weighted by Crippen LogP contribution is -2.46. The number of nitrogens with zero attached hydrogens (tertiary/aromatic N) is 3. The molecule has 0 spiro atoms. The average Bonchev–Trinajstić information content (AvgIpc) is 3.26. The monoisotopic (exact) mass is 351 g/mol. The molecule has 0 radical (unpaired) electrons. The van der Waals surface area contributed by atoms with Crippen LogP contribution in [0.1, 0.15) is 29.5 Å². The van der Waals surface area contributed by atoms with E-state index in [9.17, 15) is 4.79 Å². The van der Waals surface area contributed by atoms with Crippen LogP contribution in [0.15, 0.2) is 50.4 Å². The fourth-order valence-corrected chi connectivity index (χ4v) is 4.42. The van der Waals surface area contributed by atoms with Gasteiger partial charge in [-0.05, 0) is 31.4 Å². The number of rotatable bonds is 3. The van der Waals surface area contributed by atoms with E-state index in [1.165, 1.54) is 5.69 Å². The summed E-state index contributed by atoms with van der Waals surface area (Å²) in [6.07, 6.45) is 4.44. The Hall–Kier alpha value is -2.60. The molecule has 0 amide bonds. The highest BCUT2D eigenvalue weighted by molar-refractivity contribution is 5.51. The van der Waals surface area contributed by atoms with E-state index < -0.39 is 0 Å². The minimum atomic E-state index is 0.128. The Bertz CT molecular complexity index is 986. The van der Waals surface area contributed by atoms with Gasteiger partial charge in [0.15, 0.2) is 0 Å². The lowest BCUT2D eigenvalue weighted by molar-refractivity contribution is 0.113. The van der Waals surface area contributed by atoms with Crippen molar-refractivity contribution in [1.82, 2.24) is 14.5 Å². The molecule has 5 rings (SSSR count). The third kappa shape index (κ3) is 2.61. The Labute approximate surface area is 151 Å². The van der Waals surface area contributed by atoms with E-state index in [2.05, 4.69) is 16.0 Å². The second kappa shape index (κ2) is 5.99. The van der Waals surface area contributed by atoms with E-state index in [0.717, 1.165) is 49.6 Å². The zero-order valence-corrected chi connectivity index (χ0v) is 14.7. The zero-order chi connectivity index (χ0) is 17.7. The van der Waals surface area contributed by atoms with Crippen molar-refractivity contribution >= 4 is 0 Å². The first-order valence-corrected chi connectivity index (χ1v) is 9.08. The third-order valence-corrected chi connectivity index (χ3v) is 5.59. The topological polar surface area (TPSA) is 64.4 Å². The lowest BCUT2D eigenvalue weighted by Gasteiger charge is -2.42. The van der Waals surface area contributed by atoms with Crippen LogP contribution in [0.3, 0.4) is 0 Å². The second-order valence-corrected chi connectivity index (χ2v) is 7.43. The van der Waals surface area contributed by atoms with Gasteiger partial charge in [-0.25, -0.2) is 4.98 Å². The molecule has 2 unspecified atom stereocenters. The first-order valence-electron chi connectivity index (χ1n) is 9.08. The van der Waals surface area contributed by atoms with Crippen molar-refractivity contribution < 1.29 is 8.83 Å². The Morgan fingerprint density at radius 3 is 3.00 bits per heavy atom. The van der Waals surface area contributed by atoms with Crippen molar-refractivity contribution in [3.63, 3.8) is 0 Å². The Morgan fingerprint density at radius 2 is 2.15 bits per heavy atom. The number of aromatic nitrogens is 2. The molecule has 26 heavy (non-hydrogen) atoms. The van der Waals surface area contributed by atoms with E-state index in [1.807, 2.05) is 23.6 Å². The molecule has 0 aromatic carbocycles. The Kier molecular flexibility index (Phi) is 3.60. The average molecular weight is 351 g/mol. The molecule has 2 bridgehead atoms. The fourth-order valence-electron chi connectivity index (χ4n) is 4.42. The quantitative estimate of drug-likeness (QED) is 0.726. The molecule has 5 heterocycles. The van der Waals surface area contributed by atoms with Gasteiger partial charge in [-0.3, -0.25) is 9.69 Å². The van der Waals surface area contributed by atoms with Crippen LogP contribution in [0.4, 0.5) is 0 Å². The smallest absolute Gasteiger partial charge is 0.250 e. The summed E-state index contributed by atoms with van der Waals surface area (Å²) in [5, 5.41) is 0. The van der Waals surface area contributed by atoms with Gasteiger partial charge in [0, 0.05) is 43.9 Å². The maximum absolute atomic E-state index is 12.1. The SMILES string of the molecule is Cc1oc(-c2ccoc2)nc1CN1CC2CC(C1)c1cccc(=O)n1C2. The molecule has 6 nitrogen and oxygen atoms in total. The van der Waals surface area contributed by atoms with Crippen molar-refractivity contribution in [2.24, 2.45) is 5.92 Å². The maximum Gasteiger partial charge on any atom is 0.250 e. The maximum atomic E-state index is 12.1. The summed E-state index contributed by atoms with van der Waals surface area (Å²) in [6.45, 7) is 5.50. The molecule has 1 fully saturated rings. The molecule has 6 heteroatoms. The van der Waals surface area contributed by atoms with Gasteiger partial charge in [-0.1, -0.05) is 6.07 Å². The van der Waals surface area contributed by atoms with Crippen LogP contribution in [0, 0.1) is 12.8 Å². The number of piperidine rings is 1. The summed E-state index contributed by atoms with van der Waals surface area (Å²) in [6, 6.07) is 7.50. The van der Waals surface area contributed by atoms with Gasteiger partial charge in [0.25, 0.3) is 5.56 Å². The molecule has 2 aliphatic heterocycles. The first kappa shape index (κ1) is 15.6. The molecule has 0 aliphatic carbocycles. The summed E-state index contributed by atoms with van der Waals surface area (Å²) >= 11 is 0. The molecule has 0 saturated carbocycles. The number of hydrogen-bond acceptors (Lipinski definition) is 5. The largest absolute Gasteiger partial charge is 0.472 e. The summed E-state index contributed by atoms with van der Waals surface area (Å²) in [5.74, 6) is 2.40. The minimum Gasteiger partial charge on any atom is -0.472 e. The first-order chi connectivity index (χ1) is 12.7. The van der Waals surface area contributed by atoms with Gasteiger partial charge >= 0.3 is 0 Å². The predicted octanol–water partition coefficient (Wildman–Crippen LogP) is 3.02. The van der Waals surface area contributed by atoms with Crippen LogP contribution in [0.25, 0.3) is 11.5 Å². The normalized spacial score (nSPS) is 22.3. The van der Waals surface area contributed by atoms with Gasteiger partial charge in [0.2, 0.25) is 5.89 Å². The predicted molar refractivity (Wildman–Crippen MR) is 95.8 cm³/mol. The summed E-state index contributed by atoms with van der Waals surface area (Å²) < 4.78 is 12.9. The van der Waals surface area contributed by atoms with Crippen LogP contribution in [0.2, 0.25) is 0 Å². The summed E-state index contributed by atoms with van der Waals surface area (Å²) in [5.41, 5.74) is 3.15. The van der Waals surface area contributed by atoms with Crippen molar-refractivity contribution in [1.29, 1.82) is 0 Å². The van der Waals surface area contributed by atoms with Crippen molar-refractivity contribution in [3.05, 3.63) is 64.3 Å². The van der Waals surface area contributed by atoms with Crippen LogP contribution >= 0.6 is 0 Å². The summed E-state index contributed by atoms with van der Waals surface area (Å²) in [7, 11) is 0. The van der Waals surface area contributed by atoms with Gasteiger partial charge in [-0.2, -0.15) is 0 Å². The van der Waals surface area contributed by atoms with E-state index in [-0.39, 0.29) is 5.56 Å². The van der Waals surface area contributed by atoms with E-state index >= 15 is 0 Å². The van der Waals surface area contributed by atoms with Gasteiger partial charge < -0.3 is 13.4 Å². The second-order valence-electron chi connectivity index (χ2n) is 7.43. The highest BCUT2D eigenvalue weighted by Gasteiger charge is 2.34.